The fraction of sp³-hybridized carbons (Fsp3) is 0.583. The summed E-state index contributed by atoms with van der Waals surface area (Å²) in [6.45, 7) is 2.41. The zero-order chi connectivity index (χ0) is 13.6. The van der Waals surface area contributed by atoms with E-state index in [0.717, 1.165) is 6.42 Å². The van der Waals surface area contributed by atoms with Crippen LogP contribution in [-0.4, -0.2) is 34.7 Å². The van der Waals surface area contributed by atoms with E-state index in [1.807, 2.05) is 0 Å². The van der Waals surface area contributed by atoms with E-state index in [1.165, 1.54) is 0 Å². The average Bonchev–Trinajstić information content (AvgIpc) is 2.80. The van der Waals surface area contributed by atoms with E-state index < -0.39 is 4.92 Å². The summed E-state index contributed by atoms with van der Waals surface area (Å²) in [7, 11) is 0. The molecule has 3 N–H and O–H groups in total. The molecule has 1 saturated carbocycles. The third-order valence-electron chi connectivity index (χ3n) is 4.06. The van der Waals surface area contributed by atoms with Crippen LogP contribution in [0.4, 0.5) is 11.5 Å². The van der Waals surface area contributed by atoms with Crippen molar-refractivity contribution in [3.05, 3.63) is 27.9 Å². The number of nitrogens with one attached hydrogen (secondary N) is 1. The van der Waals surface area contributed by atoms with Crippen molar-refractivity contribution in [2.75, 3.05) is 11.9 Å². The maximum atomic E-state index is 11.1. The maximum Gasteiger partial charge on any atom is 0.314 e. The van der Waals surface area contributed by atoms with Crippen LogP contribution in [0.15, 0.2) is 12.3 Å². The van der Waals surface area contributed by atoms with Crippen LogP contribution in [0.1, 0.15) is 12.0 Å². The molecule has 0 spiro atoms. The highest BCUT2D eigenvalue weighted by atomic mass is 16.6. The molecule has 1 aromatic heterocycles. The molecule has 102 valence electrons. The van der Waals surface area contributed by atoms with E-state index >= 15 is 0 Å². The molecule has 3 rings (SSSR count). The van der Waals surface area contributed by atoms with Gasteiger partial charge in [0.25, 0.3) is 0 Å². The largest absolute Gasteiger partial charge is 0.376 e. The Bertz CT molecular complexity index is 522. The molecule has 2 heterocycles. The topological polar surface area (TPSA) is 103 Å². The normalized spacial score (nSPS) is 32.5. The Morgan fingerprint density at radius 2 is 2.42 bits per heavy atom. The number of anilines is 1. The standard InChI is InChI=1S/C12H16N4O3/c1-6-2-4-14-12(10(6)16(17)18)15-9-8(13)7-3-5-19-11(7)9/h2,4,7-9,11H,3,5,13H2,1H3,(H,14,15). The second kappa shape index (κ2) is 4.43. The first-order chi connectivity index (χ1) is 9.09. The number of nitro groups is 1. The van der Waals surface area contributed by atoms with Crippen molar-refractivity contribution >= 4 is 11.5 Å². The number of nitrogens with zero attached hydrogens (tertiary/aromatic N) is 2. The molecule has 0 aromatic carbocycles. The van der Waals surface area contributed by atoms with Crippen LogP contribution in [0.25, 0.3) is 0 Å². The number of pyridine rings is 1. The van der Waals surface area contributed by atoms with E-state index in [0.29, 0.717) is 18.1 Å². The lowest BCUT2D eigenvalue weighted by Crippen LogP contribution is -2.65. The number of ether oxygens (including phenoxy) is 1. The van der Waals surface area contributed by atoms with Crippen LogP contribution in [-0.2, 0) is 4.74 Å². The lowest BCUT2D eigenvalue weighted by atomic mass is 9.72. The number of hydrogen-bond acceptors (Lipinski definition) is 6. The summed E-state index contributed by atoms with van der Waals surface area (Å²) in [5.41, 5.74) is 6.67. The number of aromatic nitrogens is 1. The Morgan fingerprint density at radius 1 is 1.63 bits per heavy atom. The fourth-order valence-electron chi connectivity index (χ4n) is 2.97. The first-order valence-corrected chi connectivity index (χ1v) is 6.33. The van der Waals surface area contributed by atoms with E-state index in [4.69, 9.17) is 10.5 Å². The lowest BCUT2D eigenvalue weighted by molar-refractivity contribution is -0.384. The molecule has 1 aliphatic heterocycles. The molecule has 7 heteroatoms. The molecule has 0 radical (unpaired) electrons. The third-order valence-corrected chi connectivity index (χ3v) is 4.06. The van der Waals surface area contributed by atoms with Crippen LogP contribution in [0, 0.1) is 23.0 Å². The minimum absolute atomic E-state index is 0.0103. The Morgan fingerprint density at radius 3 is 3.16 bits per heavy atom. The molecule has 19 heavy (non-hydrogen) atoms. The Balaban J connectivity index is 1.84. The van der Waals surface area contributed by atoms with Crippen LogP contribution in [0.3, 0.4) is 0 Å². The van der Waals surface area contributed by atoms with Crippen LogP contribution >= 0.6 is 0 Å². The molecule has 1 aliphatic carbocycles. The van der Waals surface area contributed by atoms with Gasteiger partial charge in [0.2, 0.25) is 5.82 Å². The molecule has 2 aliphatic rings. The SMILES string of the molecule is Cc1ccnc(NC2C(N)C3CCOC32)c1[N+](=O)[O-]. The summed E-state index contributed by atoms with van der Waals surface area (Å²) in [4.78, 5) is 14.8. The number of aryl methyl sites for hydroxylation is 1. The van der Waals surface area contributed by atoms with Gasteiger partial charge in [-0.15, -0.1) is 0 Å². The second-order valence-electron chi connectivity index (χ2n) is 5.12. The van der Waals surface area contributed by atoms with Gasteiger partial charge in [0.05, 0.1) is 17.1 Å². The molecule has 4 unspecified atom stereocenters. The Labute approximate surface area is 110 Å². The van der Waals surface area contributed by atoms with E-state index in [-0.39, 0.29) is 29.7 Å². The van der Waals surface area contributed by atoms with Crippen molar-refractivity contribution < 1.29 is 9.66 Å². The van der Waals surface area contributed by atoms with Crippen molar-refractivity contribution in [2.24, 2.45) is 11.7 Å². The molecular weight excluding hydrogens is 248 g/mol. The van der Waals surface area contributed by atoms with Gasteiger partial charge in [0.1, 0.15) is 0 Å². The minimum Gasteiger partial charge on any atom is -0.376 e. The highest BCUT2D eigenvalue weighted by Crippen LogP contribution is 2.40. The molecule has 2 fully saturated rings. The number of rotatable bonds is 3. The monoisotopic (exact) mass is 264 g/mol. The van der Waals surface area contributed by atoms with Crippen molar-refractivity contribution in [3.8, 4) is 0 Å². The van der Waals surface area contributed by atoms with Gasteiger partial charge < -0.3 is 15.8 Å². The van der Waals surface area contributed by atoms with Gasteiger partial charge in [-0.05, 0) is 19.4 Å². The van der Waals surface area contributed by atoms with Crippen molar-refractivity contribution in [1.29, 1.82) is 0 Å². The zero-order valence-corrected chi connectivity index (χ0v) is 10.6. The number of hydrogen-bond donors (Lipinski definition) is 2. The summed E-state index contributed by atoms with van der Waals surface area (Å²) in [6.07, 6.45) is 2.58. The van der Waals surface area contributed by atoms with Gasteiger partial charge in [-0.25, -0.2) is 4.98 Å². The molecule has 1 saturated heterocycles. The first-order valence-electron chi connectivity index (χ1n) is 6.33. The Hall–Kier alpha value is -1.73. The fourth-order valence-corrected chi connectivity index (χ4v) is 2.97. The predicted octanol–water partition coefficient (Wildman–Crippen LogP) is 0.825. The maximum absolute atomic E-state index is 11.1. The summed E-state index contributed by atoms with van der Waals surface area (Å²) < 4.78 is 5.60. The van der Waals surface area contributed by atoms with E-state index in [1.54, 1.807) is 19.2 Å². The van der Waals surface area contributed by atoms with Gasteiger partial charge >= 0.3 is 5.69 Å². The summed E-state index contributed by atoms with van der Waals surface area (Å²) in [5, 5.41) is 14.2. The third kappa shape index (κ3) is 1.85. The predicted molar refractivity (Wildman–Crippen MR) is 68.9 cm³/mol. The highest BCUT2D eigenvalue weighted by Gasteiger charge is 2.52. The van der Waals surface area contributed by atoms with E-state index in [2.05, 4.69) is 10.3 Å². The second-order valence-corrected chi connectivity index (χ2v) is 5.12. The molecule has 0 bridgehead atoms. The van der Waals surface area contributed by atoms with Crippen LogP contribution in [0.5, 0.6) is 0 Å². The quantitative estimate of drug-likeness (QED) is 0.619. The highest BCUT2D eigenvalue weighted by molar-refractivity contribution is 5.60. The van der Waals surface area contributed by atoms with Crippen molar-refractivity contribution in [2.45, 2.75) is 31.5 Å². The molecule has 0 amide bonds. The zero-order valence-electron chi connectivity index (χ0n) is 10.6. The van der Waals surface area contributed by atoms with Crippen molar-refractivity contribution in [3.63, 3.8) is 0 Å². The minimum atomic E-state index is -0.415. The van der Waals surface area contributed by atoms with Crippen LogP contribution in [0.2, 0.25) is 0 Å². The summed E-state index contributed by atoms with van der Waals surface area (Å²) >= 11 is 0. The first kappa shape index (κ1) is 12.3. The number of nitrogens with two attached hydrogens (primary N) is 1. The Kier molecular flexibility index (Phi) is 2.87. The summed E-state index contributed by atoms with van der Waals surface area (Å²) in [6, 6.07) is 1.49. The molecular formula is C12H16N4O3. The number of fused-ring (bicyclic) bond motifs is 1. The smallest absolute Gasteiger partial charge is 0.314 e. The van der Waals surface area contributed by atoms with Gasteiger partial charge in [0.15, 0.2) is 0 Å². The lowest BCUT2D eigenvalue weighted by Gasteiger charge is -2.45. The van der Waals surface area contributed by atoms with E-state index in [9.17, 15) is 10.1 Å². The van der Waals surface area contributed by atoms with Gasteiger partial charge in [-0.1, -0.05) is 0 Å². The van der Waals surface area contributed by atoms with Gasteiger partial charge in [0, 0.05) is 30.3 Å². The van der Waals surface area contributed by atoms with Gasteiger partial charge in [-0.2, -0.15) is 0 Å². The molecule has 7 nitrogen and oxygen atoms in total. The average molecular weight is 264 g/mol. The van der Waals surface area contributed by atoms with Crippen molar-refractivity contribution in [1.82, 2.24) is 4.98 Å². The molecule has 4 atom stereocenters. The van der Waals surface area contributed by atoms with Gasteiger partial charge in [-0.3, -0.25) is 10.1 Å². The van der Waals surface area contributed by atoms with Crippen LogP contribution < -0.4 is 11.1 Å². The summed E-state index contributed by atoms with van der Waals surface area (Å²) in [5.74, 6) is 0.640. The molecule has 1 aromatic rings.